The number of carbonyl (C=O) groups excluding carboxylic acids is 2. The molecule has 0 saturated carbocycles. The molecular formula is C10H18N4O3. The van der Waals surface area contributed by atoms with Crippen molar-refractivity contribution in [1.29, 1.82) is 0 Å². The molecule has 0 bridgehead atoms. The smallest absolute Gasteiger partial charge is 0.325 e. The van der Waals surface area contributed by atoms with E-state index in [1.165, 1.54) is 13.2 Å². The van der Waals surface area contributed by atoms with E-state index in [-0.39, 0.29) is 12.2 Å². The second kappa shape index (κ2) is 8.14. The van der Waals surface area contributed by atoms with Crippen LogP contribution in [0.1, 0.15) is 24.3 Å². The first-order valence-corrected chi connectivity index (χ1v) is 5.25. The largest absolute Gasteiger partial charge is 0.468 e. The molecule has 0 saturated heterocycles. The van der Waals surface area contributed by atoms with Crippen molar-refractivity contribution in [1.82, 2.24) is 15.5 Å². The number of aromatic amines is 1. The fourth-order valence-electron chi connectivity index (χ4n) is 0.886. The Bertz CT molecular complexity index is 362. The maximum Gasteiger partial charge on any atom is 0.325 e. The molecule has 1 aromatic heterocycles. The lowest BCUT2D eigenvalue weighted by Gasteiger charge is -2.00. The quantitative estimate of drug-likeness (QED) is 0.663. The molecule has 0 fully saturated rings. The van der Waals surface area contributed by atoms with Crippen molar-refractivity contribution in [3.63, 3.8) is 0 Å². The van der Waals surface area contributed by atoms with Crippen molar-refractivity contribution in [3.05, 3.63) is 11.8 Å². The Morgan fingerprint density at radius 1 is 1.47 bits per heavy atom. The molecule has 17 heavy (non-hydrogen) atoms. The normalized spacial score (nSPS) is 8.71. The van der Waals surface area contributed by atoms with Gasteiger partial charge in [-0.2, -0.15) is 5.10 Å². The molecule has 0 aliphatic heterocycles. The van der Waals surface area contributed by atoms with E-state index in [1.807, 2.05) is 13.8 Å². The number of hydrogen-bond donors (Lipinski definition) is 3. The molecule has 3 N–H and O–H groups in total. The first kappa shape index (κ1) is 14.9. The van der Waals surface area contributed by atoms with Crippen LogP contribution < -0.4 is 10.6 Å². The summed E-state index contributed by atoms with van der Waals surface area (Å²) in [6, 6.07) is 1.53. The summed E-state index contributed by atoms with van der Waals surface area (Å²) < 4.78 is 4.37. The lowest BCUT2D eigenvalue weighted by molar-refractivity contribution is -0.139. The Balaban J connectivity index is 0.00000121. The number of anilines is 1. The maximum absolute atomic E-state index is 11.4. The molecule has 0 aromatic carbocycles. The highest BCUT2D eigenvalue weighted by atomic mass is 16.5. The molecule has 0 aliphatic rings. The summed E-state index contributed by atoms with van der Waals surface area (Å²) in [6.45, 7) is 3.84. The van der Waals surface area contributed by atoms with Gasteiger partial charge in [0.1, 0.15) is 18.1 Å². The molecule has 0 unspecified atom stereocenters. The van der Waals surface area contributed by atoms with E-state index in [1.54, 1.807) is 7.05 Å². The third-order valence-electron chi connectivity index (χ3n) is 1.70. The number of rotatable bonds is 4. The number of H-pyrrole nitrogens is 1. The molecule has 96 valence electrons. The van der Waals surface area contributed by atoms with Gasteiger partial charge in [0.25, 0.3) is 5.91 Å². The van der Waals surface area contributed by atoms with Crippen LogP contribution in [0.3, 0.4) is 0 Å². The predicted molar refractivity (Wildman–Crippen MR) is 63.8 cm³/mol. The van der Waals surface area contributed by atoms with Gasteiger partial charge in [-0.05, 0) is 0 Å². The van der Waals surface area contributed by atoms with Gasteiger partial charge in [-0.3, -0.25) is 14.7 Å². The van der Waals surface area contributed by atoms with Crippen LogP contribution in [0.25, 0.3) is 0 Å². The van der Waals surface area contributed by atoms with Crippen molar-refractivity contribution in [2.24, 2.45) is 0 Å². The summed E-state index contributed by atoms with van der Waals surface area (Å²) in [5.74, 6) is -0.357. The number of ether oxygens (including phenoxy) is 1. The zero-order valence-electron chi connectivity index (χ0n) is 10.5. The number of nitrogens with zero attached hydrogens (tertiary/aromatic N) is 1. The summed E-state index contributed by atoms with van der Waals surface area (Å²) in [6.07, 6.45) is 0. The number of carbonyl (C=O) groups is 2. The topological polar surface area (TPSA) is 96.1 Å². The highest BCUT2D eigenvalue weighted by Gasteiger charge is 2.10. The zero-order valence-corrected chi connectivity index (χ0v) is 10.5. The van der Waals surface area contributed by atoms with Crippen molar-refractivity contribution in [2.45, 2.75) is 13.8 Å². The molecule has 7 nitrogen and oxygen atoms in total. The Morgan fingerprint density at radius 2 is 2.12 bits per heavy atom. The highest BCUT2D eigenvalue weighted by Crippen LogP contribution is 2.03. The van der Waals surface area contributed by atoms with E-state index in [0.29, 0.717) is 5.82 Å². The average molecular weight is 242 g/mol. The van der Waals surface area contributed by atoms with Gasteiger partial charge < -0.3 is 15.4 Å². The van der Waals surface area contributed by atoms with Crippen molar-refractivity contribution >= 4 is 17.7 Å². The standard InChI is InChI=1S/C8H12N4O3.C2H6/c1-9-6-3-5(11-12-6)8(14)10-4-7(13)15-2;1-2/h3H,4H2,1-2H3,(H,10,14)(H2,9,11,12);1-2H3. The number of aromatic nitrogens is 2. The van der Waals surface area contributed by atoms with E-state index < -0.39 is 11.9 Å². The van der Waals surface area contributed by atoms with Crippen molar-refractivity contribution in [2.75, 3.05) is 26.0 Å². The fraction of sp³-hybridized carbons (Fsp3) is 0.500. The molecule has 0 aliphatic carbocycles. The number of amides is 1. The van der Waals surface area contributed by atoms with E-state index in [9.17, 15) is 9.59 Å². The second-order valence-electron chi connectivity index (χ2n) is 2.68. The first-order valence-electron chi connectivity index (χ1n) is 5.25. The molecule has 1 amide bonds. The van der Waals surface area contributed by atoms with Crippen molar-refractivity contribution in [3.8, 4) is 0 Å². The average Bonchev–Trinajstić information content (AvgIpc) is 2.86. The van der Waals surface area contributed by atoms with Crippen LogP contribution in [0, 0.1) is 0 Å². The Labute approximate surface area is 99.9 Å². The SMILES string of the molecule is CC.CNc1cc(C(=O)NCC(=O)OC)[nH]n1. The molecule has 1 rings (SSSR count). The van der Waals surface area contributed by atoms with Gasteiger partial charge in [0, 0.05) is 13.1 Å². The molecule has 1 heterocycles. The maximum atomic E-state index is 11.4. The number of methoxy groups -OCH3 is 1. The summed E-state index contributed by atoms with van der Waals surface area (Å²) in [5.41, 5.74) is 0.281. The first-order chi connectivity index (χ1) is 8.17. The van der Waals surface area contributed by atoms with Gasteiger partial charge in [-0.25, -0.2) is 0 Å². The summed E-state index contributed by atoms with van der Waals surface area (Å²) in [4.78, 5) is 22.1. The molecule has 0 radical (unpaired) electrons. The third-order valence-corrected chi connectivity index (χ3v) is 1.70. The molecule has 7 heteroatoms. The Kier molecular flexibility index (Phi) is 7.16. The minimum absolute atomic E-state index is 0.163. The van der Waals surface area contributed by atoms with Crippen LogP contribution in [-0.4, -0.2) is 42.8 Å². The lowest BCUT2D eigenvalue weighted by atomic mass is 10.4. The lowest BCUT2D eigenvalue weighted by Crippen LogP contribution is -2.30. The minimum atomic E-state index is -0.503. The monoisotopic (exact) mass is 242 g/mol. The molecule has 0 atom stereocenters. The van der Waals surface area contributed by atoms with E-state index >= 15 is 0 Å². The van der Waals surface area contributed by atoms with E-state index in [0.717, 1.165) is 0 Å². The van der Waals surface area contributed by atoms with Gasteiger partial charge >= 0.3 is 5.97 Å². The second-order valence-corrected chi connectivity index (χ2v) is 2.68. The Hall–Kier alpha value is -2.05. The van der Waals surface area contributed by atoms with Gasteiger partial charge in [-0.15, -0.1) is 0 Å². The summed E-state index contributed by atoms with van der Waals surface area (Å²) in [5, 5.41) is 11.5. The number of nitrogens with one attached hydrogen (secondary N) is 3. The third kappa shape index (κ3) is 5.01. The minimum Gasteiger partial charge on any atom is -0.468 e. The van der Waals surface area contributed by atoms with Gasteiger partial charge in [0.05, 0.1) is 7.11 Å². The summed E-state index contributed by atoms with van der Waals surface area (Å²) >= 11 is 0. The van der Waals surface area contributed by atoms with Crippen LogP contribution in [-0.2, 0) is 9.53 Å². The molecule has 1 aromatic rings. The zero-order chi connectivity index (χ0) is 13.3. The predicted octanol–water partition coefficient (Wildman–Crippen LogP) is 0.380. The van der Waals surface area contributed by atoms with Crippen LogP contribution >= 0.6 is 0 Å². The Morgan fingerprint density at radius 3 is 2.59 bits per heavy atom. The van der Waals surface area contributed by atoms with Crippen molar-refractivity contribution < 1.29 is 14.3 Å². The summed E-state index contributed by atoms with van der Waals surface area (Å²) in [7, 11) is 2.94. The van der Waals surface area contributed by atoms with Crippen LogP contribution in [0.15, 0.2) is 6.07 Å². The van der Waals surface area contributed by atoms with Crippen LogP contribution in [0.5, 0.6) is 0 Å². The molecular weight excluding hydrogens is 224 g/mol. The van der Waals surface area contributed by atoms with Gasteiger partial charge in [0.15, 0.2) is 0 Å². The fourth-order valence-corrected chi connectivity index (χ4v) is 0.886. The molecule has 0 spiro atoms. The van der Waals surface area contributed by atoms with Gasteiger partial charge in [0.2, 0.25) is 0 Å². The van der Waals surface area contributed by atoms with Crippen LogP contribution in [0.2, 0.25) is 0 Å². The number of hydrogen-bond acceptors (Lipinski definition) is 5. The highest BCUT2D eigenvalue weighted by molar-refractivity contribution is 5.94. The van der Waals surface area contributed by atoms with Gasteiger partial charge in [-0.1, -0.05) is 13.8 Å². The van der Waals surface area contributed by atoms with Crippen LogP contribution in [0.4, 0.5) is 5.82 Å². The number of esters is 1. The van der Waals surface area contributed by atoms with E-state index in [4.69, 9.17) is 0 Å². The van der Waals surface area contributed by atoms with E-state index in [2.05, 4.69) is 25.6 Å².